The number of carbonyl (C=O) groups is 1. The van der Waals surface area contributed by atoms with Crippen LogP contribution in [0.4, 0.5) is 5.69 Å². The summed E-state index contributed by atoms with van der Waals surface area (Å²) in [5.41, 5.74) is 3.84. The van der Waals surface area contributed by atoms with E-state index < -0.39 is 10.8 Å². The molecule has 0 saturated carbocycles. The summed E-state index contributed by atoms with van der Waals surface area (Å²) in [6, 6.07) is 13.9. The second-order valence-electron chi connectivity index (χ2n) is 6.63. The highest BCUT2D eigenvalue weighted by Gasteiger charge is 2.20. The summed E-state index contributed by atoms with van der Waals surface area (Å²) in [6.45, 7) is 3.91. The molecule has 3 aromatic rings. The van der Waals surface area contributed by atoms with E-state index >= 15 is 0 Å². The Morgan fingerprint density at radius 3 is 2.64 bits per heavy atom. The molecule has 0 spiro atoms. The Balaban J connectivity index is 1.70. The predicted octanol–water partition coefficient (Wildman–Crippen LogP) is 3.70. The number of aromatic nitrogens is 3. The van der Waals surface area contributed by atoms with Crippen molar-refractivity contribution >= 4 is 40.7 Å². The Kier molecular flexibility index (Phi) is 8.33. The molecular formula is C21H22N6O4S2. The molecule has 0 atom stereocenters. The first-order chi connectivity index (χ1) is 15.9. The number of nitro benzene ring substituents is 1. The van der Waals surface area contributed by atoms with Crippen LogP contribution in [0.2, 0.25) is 0 Å². The zero-order chi connectivity index (χ0) is 23.8. The van der Waals surface area contributed by atoms with Crippen LogP contribution in [0.15, 0.2) is 53.7 Å². The van der Waals surface area contributed by atoms with Crippen molar-refractivity contribution in [2.45, 2.75) is 31.2 Å². The number of rotatable bonds is 9. The molecule has 0 fully saturated rings. The second kappa shape index (κ2) is 11.4. The van der Waals surface area contributed by atoms with Crippen molar-refractivity contribution in [1.29, 1.82) is 0 Å². The van der Waals surface area contributed by atoms with Gasteiger partial charge in [0, 0.05) is 23.8 Å². The molecule has 0 bridgehead atoms. The van der Waals surface area contributed by atoms with E-state index in [1.807, 2.05) is 37.3 Å². The molecular weight excluding hydrogens is 464 g/mol. The van der Waals surface area contributed by atoms with Crippen molar-refractivity contribution in [1.82, 2.24) is 20.2 Å². The molecule has 1 heterocycles. The van der Waals surface area contributed by atoms with Crippen LogP contribution >= 0.6 is 24.0 Å². The van der Waals surface area contributed by atoms with E-state index in [-0.39, 0.29) is 28.7 Å². The molecule has 0 radical (unpaired) electrons. The Bertz CT molecular complexity index is 1150. The SMILES string of the molecule is CCOc1ccc(C(=O)NC(=S)Nn2c(CC)nnc2SCc2ccccc2)cc1[N+](=O)[O-]. The molecule has 3 rings (SSSR count). The number of hydrogen-bond donors (Lipinski definition) is 2. The standard InChI is InChI=1S/C21H22N6O4S2/c1-3-18-23-24-21(33-13-14-8-6-5-7-9-14)26(18)25-20(32)22-19(28)15-10-11-17(31-4-2)16(12-15)27(29)30/h5-12H,3-4,13H2,1-2H3,(H2,22,25,28,32). The smallest absolute Gasteiger partial charge is 0.311 e. The van der Waals surface area contributed by atoms with Crippen LogP contribution in [0.25, 0.3) is 0 Å². The monoisotopic (exact) mass is 486 g/mol. The fraction of sp³-hybridized carbons (Fsp3) is 0.238. The van der Waals surface area contributed by atoms with Crippen molar-refractivity contribution in [2.75, 3.05) is 12.0 Å². The third kappa shape index (κ3) is 6.26. The number of nitro groups is 1. The minimum absolute atomic E-state index is 0.00704. The number of aryl methyl sites for hydroxylation is 1. The van der Waals surface area contributed by atoms with Crippen LogP contribution in [-0.4, -0.2) is 37.4 Å². The molecule has 2 aromatic carbocycles. The highest BCUT2D eigenvalue weighted by molar-refractivity contribution is 7.98. The molecule has 1 aromatic heterocycles. The van der Waals surface area contributed by atoms with Crippen molar-refractivity contribution in [3.63, 3.8) is 0 Å². The fourth-order valence-electron chi connectivity index (χ4n) is 2.84. The normalized spacial score (nSPS) is 10.5. The maximum atomic E-state index is 12.6. The largest absolute Gasteiger partial charge is 0.487 e. The third-order valence-corrected chi connectivity index (χ3v) is 5.58. The molecule has 0 saturated heterocycles. The maximum Gasteiger partial charge on any atom is 0.311 e. The molecule has 2 N–H and O–H groups in total. The number of thioether (sulfide) groups is 1. The van der Waals surface area contributed by atoms with Gasteiger partial charge in [-0.05, 0) is 36.8 Å². The molecule has 172 valence electrons. The first kappa shape index (κ1) is 24.1. The number of ether oxygens (including phenoxy) is 1. The van der Waals surface area contributed by atoms with E-state index in [4.69, 9.17) is 17.0 Å². The van der Waals surface area contributed by atoms with Gasteiger partial charge in [-0.15, -0.1) is 10.2 Å². The summed E-state index contributed by atoms with van der Waals surface area (Å²) < 4.78 is 6.87. The summed E-state index contributed by atoms with van der Waals surface area (Å²) >= 11 is 6.76. The first-order valence-corrected chi connectivity index (χ1v) is 11.5. The van der Waals surface area contributed by atoms with Gasteiger partial charge in [-0.25, -0.2) is 4.68 Å². The van der Waals surface area contributed by atoms with Gasteiger partial charge >= 0.3 is 5.69 Å². The Morgan fingerprint density at radius 2 is 1.97 bits per heavy atom. The first-order valence-electron chi connectivity index (χ1n) is 10.1. The van der Waals surface area contributed by atoms with E-state index in [2.05, 4.69) is 20.9 Å². The van der Waals surface area contributed by atoms with Gasteiger partial charge in [-0.2, -0.15) is 0 Å². The number of nitrogens with one attached hydrogen (secondary N) is 2. The molecule has 0 unspecified atom stereocenters. The molecule has 0 aliphatic rings. The van der Waals surface area contributed by atoms with E-state index in [0.29, 0.717) is 23.2 Å². The molecule has 33 heavy (non-hydrogen) atoms. The topological polar surface area (TPSA) is 124 Å². The van der Waals surface area contributed by atoms with Gasteiger partial charge in [0.15, 0.2) is 16.7 Å². The Hall–Kier alpha value is -3.51. The lowest BCUT2D eigenvalue weighted by Crippen LogP contribution is -2.38. The summed E-state index contributed by atoms with van der Waals surface area (Å²) in [7, 11) is 0. The van der Waals surface area contributed by atoms with Gasteiger partial charge in [-0.1, -0.05) is 49.0 Å². The van der Waals surface area contributed by atoms with Crippen LogP contribution in [-0.2, 0) is 12.2 Å². The highest BCUT2D eigenvalue weighted by Crippen LogP contribution is 2.28. The molecule has 10 nitrogen and oxygen atoms in total. The van der Waals surface area contributed by atoms with Gasteiger partial charge in [0.25, 0.3) is 5.91 Å². The number of amides is 1. The quantitative estimate of drug-likeness (QED) is 0.202. The average Bonchev–Trinajstić information content (AvgIpc) is 3.19. The zero-order valence-electron chi connectivity index (χ0n) is 18.0. The number of thiocarbonyl (C=S) groups is 1. The van der Waals surface area contributed by atoms with Crippen LogP contribution in [0, 0.1) is 10.1 Å². The summed E-state index contributed by atoms with van der Waals surface area (Å²) in [5, 5.41) is 22.8. The van der Waals surface area contributed by atoms with Gasteiger partial charge in [0.1, 0.15) is 0 Å². The van der Waals surface area contributed by atoms with Gasteiger partial charge < -0.3 is 4.74 Å². The number of carbonyl (C=O) groups excluding carboxylic acids is 1. The van der Waals surface area contributed by atoms with Crippen LogP contribution in [0.1, 0.15) is 35.6 Å². The molecule has 0 aliphatic carbocycles. The predicted molar refractivity (Wildman–Crippen MR) is 129 cm³/mol. The lowest BCUT2D eigenvalue weighted by atomic mass is 10.1. The Labute approximate surface area is 199 Å². The number of nitrogens with zero attached hydrogens (tertiary/aromatic N) is 4. The van der Waals surface area contributed by atoms with Gasteiger partial charge in [0.2, 0.25) is 5.16 Å². The summed E-state index contributed by atoms with van der Waals surface area (Å²) in [5.74, 6) is 0.818. The maximum absolute atomic E-state index is 12.6. The number of benzene rings is 2. The second-order valence-corrected chi connectivity index (χ2v) is 7.98. The lowest BCUT2D eigenvalue weighted by Gasteiger charge is -2.14. The Morgan fingerprint density at radius 1 is 1.21 bits per heavy atom. The molecule has 0 aliphatic heterocycles. The van der Waals surface area contributed by atoms with Crippen molar-refractivity contribution in [2.24, 2.45) is 0 Å². The zero-order valence-corrected chi connectivity index (χ0v) is 19.6. The third-order valence-electron chi connectivity index (χ3n) is 4.39. The summed E-state index contributed by atoms with van der Waals surface area (Å²) in [6.07, 6.45) is 0.591. The summed E-state index contributed by atoms with van der Waals surface area (Å²) in [4.78, 5) is 23.3. The van der Waals surface area contributed by atoms with Crippen molar-refractivity contribution in [3.05, 3.63) is 75.6 Å². The van der Waals surface area contributed by atoms with E-state index in [1.165, 1.54) is 23.9 Å². The molecule has 12 heteroatoms. The van der Waals surface area contributed by atoms with Crippen LogP contribution in [0.3, 0.4) is 0 Å². The lowest BCUT2D eigenvalue weighted by molar-refractivity contribution is -0.385. The highest BCUT2D eigenvalue weighted by atomic mass is 32.2. The van der Waals surface area contributed by atoms with Crippen LogP contribution < -0.4 is 15.5 Å². The fourth-order valence-corrected chi connectivity index (χ4v) is 3.89. The van der Waals surface area contributed by atoms with E-state index in [1.54, 1.807) is 11.6 Å². The average molecular weight is 487 g/mol. The minimum Gasteiger partial charge on any atom is -0.487 e. The van der Waals surface area contributed by atoms with Crippen molar-refractivity contribution in [3.8, 4) is 5.75 Å². The number of hydrogen-bond acceptors (Lipinski definition) is 8. The minimum atomic E-state index is -0.598. The van der Waals surface area contributed by atoms with Gasteiger partial charge in [0.05, 0.1) is 11.5 Å². The molecule has 1 amide bonds. The van der Waals surface area contributed by atoms with Crippen LogP contribution in [0.5, 0.6) is 5.75 Å². The van der Waals surface area contributed by atoms with Crippen molar-refractivity contribution < 1.29 is 14.5 Å². The van der Waals surface area contributed by atoms with E-state index in [9.17, 15) is 14.9 Å². The van der Waals surface area contributed by atoms with E-state index in [0.717, 1.165) is 11.6 Å². The van der Waals surface area contributed by atoms with Gasteiger partial charge in [-0.3, -0.25) is 25.7 Å².